The van der Waals surface area contributed by atoms with Crippen molar-refractivity contribution in [3.8, 4) is 11.3 Å². The summed E-state index contributed by atoms with van der Waals surface area (Å²) in [6.07, 6.45) is 13.5. The highest BCUT2D eigenvalue weighted by Crippen LogP contribution is 2.53. The van der Waals surface area contributed by atoms with Gasteiger partial charge in [0, 0.05) is 43.5 Å². The molecule has 7 aliphatic rings. The van der Waals surface area contributed by atoms with Gasteiger partial charge in [-0.3, -0.25) is 9.59 Å². The number of fused-ring (bicyclic) bond motifs is 3. The van der Waals surface area contributed by atoms with E-state index in [1.54, 1.807) is 0 Å². The number of nitrogens with one attached hydrogen (secondary N) is 3. The smallest absolute Gasteiger partial charge is 0.407 e. The summed E-state index contributed by atoms with van der Waals surface area (Å²) in [4.78, 5) is 59.8. The fourth-order valence-corrected chi connectivity index (χ4v) is 11.1. The van der Waals surface area contributed by atoms with Crippen LogP contribution < -0.4 is 11.1 Å². The first-order valence-corrected chi connectivity index (χ1v) is 22.3. The minimum atomic E-state index is -0.680. The van der Waals surface area contributed by atoms with Crippen molar-refractivity contribution < 1.29 is 19.1 Å². The van der Waals surface area contributed by atoms with Crippen molar-refractivity contribution in [2.24, 2.45) is 51.4 Å². The van der Waals surface area contributed by atoms with Gasteiger partial charge in [-0.25, -0.2) is 14.8 Å². The molecule has 2 bridgehead atoms. The lowest BCUT2D eigenvalue weighted by Gasteiger charge is -2.50. The number of carbonyl (C=O) groups is 3. The fraction of sp³-hybridized carbons (Fsp3) is 0.587. The van der Waals surface area contributed by atoms with E-state index in [0.717, 1.165) is 96.4 Å². The lowest BCUT2D eigenvalue weighted by molar-refractivity contribution is -0.136. The number of allylic oxidation sites excluding steroid dienone is 2. The van der Waals surface area contributed by atoms with Crippen LogP contribution in [-0.2, 0) is 27.2 Å². The maximum absolute atomic E-state index is 13.7. The number of hydrogen-bond acceptors (Lipinski definition) is 9. The van der Waals surface area contributed by atoms with Crippen LogP contribution in [-0.4, -0.2) is 91.3 Å². The first kappa shape index (κ1) is 40.3. The Labute approximate surface area is 352 Å². The maximum atomic E-state index is 13.7. The molecule has 6 unspecified atom stereocenters. The lowest BCUT2D eigenvalue weighted by atomic mass is 9.54. The molecule has 14 heteroatoms. The summed E-state index contributed by atoms with van der Waals surface area (Å²) in [5.74, 6) is 3.34. The van der Waals surface area contributed by atoms with Crippen molar-refractivity contribution in [1.82, 2.24) is 35.1 Å². The van der Waals surface area contributed by atoms with Crippen molar-refractivity contribution in [1.29, 1.82) is 0 Å². The number of nitrogens with two attached hydrogens (primary N) is 1. The van der Waals surface area contributed by atoms with E-state index < -0.39 is 18.2 Å². The lowest BCUT2D eigenvalue weighted by Crippen LogP contribution is -2.51. The second kappa shape index (κ2) is 16.4. The van der Waals surface area contributed by atoms with Crippen LogP contribution in [0.25, 0.3) is 11.3 Å². The van der Waals surface area contributed by atoms with Crippen LogP contribution >= 0.6 is 0 Å². The van der Waals surface area contributed by atoms with Crippen LogP contribution in [0.2, 0.25) is 0 Å². The summed E-state index contributed by atoms with van der Waals surface area (Å²) in [5.41, 5.74) is 15.0. The number of H-pyrrole nitrogens is 2. The number of aromatic nitrogens is 4. The topological polar surface area (TPSA) is 187 Å². The van der Waals surface area contributed by atoms with Gasteiger partial charge in [0.15, 0.2) is 0 Å². The van der Waals surface area contributed by atoms with Crippen LogP contribution in [0.3, 0.4) is 0 Å². The largest absolute Gasteiger partial charge is 0.453 e. The zero-order valence-electron chi connectivity index (χ0n) is 35.6. The number of likely N-dealkylation sites (tertiary alicyclic amines) is 2. The summed E-state index contributed by atoms with van der Waals surface area (Å²) < 4.78 is 4.80. The molecule has 0 radical (unpaired) electrons. The van der Waals surface area contributed by atoms with Crippen LogP contribution in [0.15, 0.2) is 52.3 Å². The summed E-state index contributed by atoms with van der Waals surface area (Å²) in [7, 11) is 1.30. The fourth-order valence-electron chi connectivity index (χ4n) is 11.1. The molecule has 1 aromatic carbocycles. The second-order valence-electron chi connectivity index (χ2n) is 18.6. The number of amides is 3. The average Bonchev–Trinajstić information content (AvgIpc) is 4.11. The van der Waals surface area contributed by atoms with Crippen molar-refractivity contribution in [2.45, 2.75) is 116 Å². The molecule has 0 spiro atoms. The molecule has 2 saturated heterocycles. The summed E-state index contributed by atoms with van der Waals surface area (Å²) in [6.45, 7) is 9.16. The number of carbonyl (C=O) groups excluding carboxylic acids is 3. The molecule has 14 nitrogen and oxygen atoms in total. The third kappa shape index (κ3) is 7.28. The molecule has 6 atom stereocenters. The number of imidazole rings is 2. The Morgan fingerprint density at radius 1 is 0.800 bits per heavy atom. The standard InChI is InChI=1S/C46H60N10O4/c1-24(2)38(47)44(57)55-20-7-9-35(55)43-49-31-19-18-30(22-32(31)50-43)41-37-28-14-12-27(13-15-28)36(37)40(53-54-41)29-16-10-26(11-17-29)33-23-48-42(51-33)34-8-6-21-56(34)45(58)39(25(3)4)52-46(59)60-5/h10-11,16-18,23-25,27-28,34-39H,6-9,12-15,19-22,47H2,1-5H3,(H,48,51)(H,49,50)(H,52,59). The predicted molar refractivity (Wildman–Crippen MR) is 229 cm³/mol. The first-order chi connectivity index (χ1) is 29.0. The molecule has 5 fully saturated rings. The number of hydrogen-bond donors (Lipinski definition) is 4. The highest BCUT2D eigenvalue weighted by atomic mass is 16.5. The zero-order chi connectivity index (χ0) is 41.8. The van der Waals surface area contributed by atoms with Gasteiger partial charge in [0.1, 0.15) is 17.7 Å². The second-order valence-corrected chi connectivity index (χ2v) is 18.6. The molecular weight excluding hydrogens is 757 g/mol. The average molecular weight is 817 g/mol. The number of ether oxygens (including phenoxy) is 1. The van der Waals surface area contributed by atoms with Gasteiger partial charge in [-0.2, -0.15) is 10.2 Å². The van der Waals surface area contributed by atoms with E-state index in [9.17, 15) is 14.4 Å². The highest BCUT2D eigenvalue weighted by molar-refractivity contribution is 6.12. The first-order valence-electron chi connectivity index (χ1n) is 22.3. The van der Waals surface area contributed by atoms with Gasteiger partial charge in [-0.15, -0.1) is 0 Å². The SMILES string of the molecule is COC(=O)NC(C(=O)N1CCCC1c1ncc(-c2ccc(C3=NN=C(C4=CCc5nc(C6CCCN6C(=O)C(N)C(C)C)[nH]c5C4)C4C5CCC(CC5)C34)cc2)[nH]1)C(C)C. The van der Waals surface area contributed by atoms with Crippen LogP contribution in [0.5, 0.6) is 0 Å². The van der Waals surface area contributed by atoms with Gasteiger partial charge < -0.3 is 35.6 Å². The summed E-state index contributed by atoms with van der Waals surface area (Å²) in [5, 5.41) is 12.9. The quantitative estimate of drug-likeness (QED) is 0.182. The normalized spacial score (nSPS) is 27.0. The third-order valence-electron chi connectivity index (χ3n) is 14.4. The van der Waals surface area contributed by atoms with E-state index in [0.29, 0.717) is 30.2 Å². The Balaban J connectivity index is 0.926. The molecule has 3 aliphatic heterocycles. The molecule has 3 amide bonds. The number of alkyl carbamates (subject to hydrolysis) is 1. The van der Waals surface area contributed by atoms with Gasteiger partial charge in [0.2, 0.25) is 11.8 Å². The van der Waals surface area contributed by atoms with E-state index in [4.69, 9.17) is 30.6 Å². The molecule has 4 aliphatic carbocycles. The number of rotatable bonds is 10. The molecule has 2 aromatic heterocycles. The molecule has 3 saturated carbocycles. The third-order valence-corrected chi connectivity index (χ3v) is 14.4. The predicted octanol–water partition coefficient (Wildman–Crippen LogP) is 6.43. The van der Waals surface area contributed by atoms with Crippen molar-refractivity contribution >= 4 is 29.3 Å². The van der Waals surface area contributed by atoms with Gasteiger partial charge in [0.05, 0.1) is 54.2 Å². The molecule has 318 valence electrons. The van der Waals surface area contributed by atoms with Gasteiger partial charge in [-0.1, -0.05) is 58.0 Å². The Morgan fingerprint density at radius 2 is 1.42 bits per heavy atom. The van der Waals surface area contributed by atoms with Crippen LogP contribution in [0.1, 0.15) is 120 Å². The summed E-state index contributed by atoms with van der Waals surface area (Å²) >= 11 is 0. The Hall–Kier alpha value is -5.11. The van der Waals surface area contributed by atoms with Gasteiger partial charge in [-0.05, 0) is 91.7 Å². The van der Waals surface area contributed by atoms with Gasteiger partial charge in [0.25, 0.3) is 0 Å². The van der Waals surface area contributed by atoms with Crippen molar-refractivity contribution in [3.05, 3.63) is 70.7 Å². The Kier molecular flexibility index (Phi) is 11.0. The van der Waals surface area contributed by atoms with Crippen molar-refractivity contribution in [3.63, 3.8) is 0 Å². The number of methoxy groups -OCH3 is 1. The Morgan fingerprint density at radius 3 is 2.07 bits per heavy atom. The van der Waals surface area contributed by atoms with E-state index in [1.165, 1.54) is 38.4 Å². The molecule has 60 heavy (non-hydrogen) atoms. The van der Waals surface area contributed by atoms with Crippen LogP contribution in [0, 0.1) is 35.5 Å². The molecule has 5 heterocycles. The van der Waals surface area contributed by atoms with Crippen LogP contribution in [0.4, 0.5) is 4.79 Å². The number of aromatic amines is 2. The number of benzene rings is 1. The monoisotopic (exact) mass is 816 g/mol. The van der Waals surface area contributed by atoms with Crippen molar-refractivity contribution in [2.75, 3.05) is 20.2 Å². The Bertz CT molecular complexity index is 2210. The minimum Gasteiger partial charge on any atom is -0.453 e. The summed E-state index contributed by atoms with van der Waals surface area (Å²) in [6, 6.07) is 7.17. The maximum Gasteiger partial charge on any atom is 0.407 e. The molecular formula is C46H60N10O4. The van der Waals surface area contributed by atoms with Gasteiger partial charge >= 0.3 is 6.09 Å². The minimum absolute atomic E-state index is 0.0169. The molecule has 10 rings (SSSR count). The van der Waals surface area contributed by atoms with E-state index in [1.807, 2.05) is 43.7 Å². The molecule has 3 aromatic rings. The van der Waals surface area contributed by atoms with E-state index in [-0.39, 0.29) is 35.7 Å². The zero-order valence-corrected chi connectivity index (χ0v) is 35.6. The number of nitrogens with zero attached hydrogens (tertiary/aromatic N) is 6. The van der Waals surface area contributed by atoms with E-state index in [2.05, 4.69) is 45.6 Å². The molecule has 5 N–H and O–H groups in total. The van der Waals surface area contributed by atoms with E-state index >= 15 is 0 Å². The highest BCUT2D eigenvalue weighted by Gasteiger charge is 2.50.